The van der Waals surface area contributed by atoms with Gasteiger partial charge < -0.3 is 16.6 Å². The van der Waals surface area contributed by atoms with Crippen LogP contribution in [0.15, 0.2) is 0 Å². The van der Waals surface area contributed by atoms with Gasteiger partial charge in [0.2, 0.25) is 5.91 Å². The van der Waals surface area contributed by atoms with Gasteiger partial charge >= 0.3 is 0 Å². The predicted molar refractivity (Wildman–Crippen MR) is 20.9 cm³/mol. The van der Waals surface area contributed by atoms with E-state index in [1.165, 1.54) is 6.92 Å². The summed E-state index contributed by atoms with van der Waals surface area (Å²) in [7, 11) is 0. The van der Waals surface area contributed by atoms with Gasteiger partial charge in [0.05, 0.1) is 0 Å². The molecule has 3 nitrogen and oxygen atoms in total. The third kappa shape index (κ3) is 45.7. The monoisotopic (exact) mass is 96.1 g/mol. The zero-order valence-electron chi connectivity index (χ0n) is 3.86. The second kappa shape index (κ2) is 8.84. The molecule has 0 unspecified atom stereocenters. The first-order valence-corrected chi connectivity index (χ1v) is 0.993. The van der Waals surface area contributed by atoms with Crippen molar-refractivity contribution in [3.8, 4) is 0 Å². The Bertz CT molecular complexity index is 34.5. The molecule has 6 heavy (non-hydrogen) atoms. The molecule has 0 fully saturated rings. The van der Waals surface area contributed by atoms with Gasteiger partial charge in [-0.2, -0.15) is 0 Å². The van der Waals surface area contributed by atoms with Crippen LogP contribution in [0.2, 0.25) is 0 Å². The van der Waals surface area contributed by atoms with Gasteiger partial charge in [0.15, 0.2) is 0 Å². The maximum atomic E-state index is 9.22. The zero-order chi connectivity index (χ0) is 3.58. The lowest BCUT2D eigenvalue weighted by atomic mass is 10.8. The molecule has 6 N–H and O–H groups in total. The standard InChI is InChI=1S/C2H5NO.FH.H3N/c1-2(3)4;;/h1H3,(H2,3,4);1H;1H3. The van der Waals surface area contributed by atoms with Crippen LogP contribution in [0.5, 0.6) is 0 Å². The maximum absolute atomic E-state index is 9.22. The Morgan fingerprint density at radius 1 is 1.67 bits per heavy atom. The minimum absolute atomic E-state index is 0. The van der Waals surface area contributed by atoms with Crippen molar-refractivity contribution in [2.75, 3.05) is 0 Å². The van der Waals surface area contributed by atoms with Crippen LogP contribution in [0.3, 0.4) is 0 Å². The van der Waals surface area contributed by atoms with E-state index < -0.39 is 0 Å². The number of rotatable bonds is 0. The van der Waals surface area contributed by atoms with Gasteiger partial charge in [-0.3, -0.25) is 4.79 Å². The zero-order valence-corrected chi connectivity index (χ0v) is 3.86. The molecule has 0 aromatic rings. The molecule has 0 heterocycles. The topological polar surface area (TPSA) is 79.6 Å². The molecule has 0 rings (SSSR count). The van der Waals surface area contributed by atoms with Crippen molar-refractivity contribution in [2.45, 2.75) is 6.92 Å². The summed E-state index contributed by atoms with van der Waals surface area (Å²) in [6, 6.07) is 0. The van der Waals surface area contributed by atoms with E-state index in [-0.39, 0.29) is 16.8 Å². The summed E-state index contributed by atoms with van der Waals surface area (Å²) in [5.41, 5.74) is 4.47. The highest BCUT2D eigenvalue weighted by Gasteiger charge is 1.61. The second-order valence-corrected chi connectivity index (χ2v) is 0.611. The molecule has 0 atom stereocenters. The molecule has 0 spiro atoms. The Kier molecular flexibility index (Phi) is 26.9. The fourth-order valence-corrected chi connectivity index (χ4v) is 0. The Morgan fingerprint density at radius 3 is 1.67 bits per heavy atom. The van der Waals surface area contributed by atoms with Crippen molar-refractivity contribution in [1.29, 1.82) is 0 Å². The van der Waals surface area contributed by atoms with Gasteiger partial charge in [0, 0.05) is 6.92 Å². The molecule has 4 heteroatoms. The number of amides is 1. The maximum Gasteiger partial charge on any atom is 0.214 e. The molecular weight excluding hydrogens is 87.0 g/mol. The Morgan fingerprint density at radius 2 is 1.67 bits per heavy atom. The molecule has 0 aromatic heterocycles. The summed E-state index contributed by atoms with van der Waals surface area (Å²) in [6.07, 6.45) is 0. The van der Waals surface area contributed by atoms with E-state index in [1.54, 1.807) is 0 Å². The minimum Gasteiger partial charge on any atom is -1.00 e. The SMILES string of the molecule is CC(N)=O.[F-].[NH4+]. The van der Waals surface area contributed by atoms with Crippen LogP contribution in [-0.2, 0) is 4.79 Å². The Labute approximate surface area is 35.5 Å². The average molecular weight is 96.1 g/mol. The van der Waals surface area contributed by atoms with Gasteiger partial charge in [-0.05, 0) is 0 Å². The van der Waals surface area contributed by atoms with Crippen LogP contribution < -0.4 is 16.6 Å². The largest absolute Gasteiger partial charge is 1.00 e. The van der Waals surface area contributed by atoms with E-state index in [2.05, 4.69) is 5.73 Å². The highest BCUT2D eigenvalue weighted by Crippen LogP contribution is 1.33. The van der Waals surface area contributed by atoms with E-state index in [4.69, 9.17) is 0 Å². The first-order chi connectivity index (χ1) is 1.73. The summed E-state index contributed by atoms with van der Waals surface area (Å²) >= 11 is 0. The summed E-state index contributed by atoms with van der Waals surface area (Å²) in [5.74, 6) is -0.333. The van der Waals surface area contributed by atoms with Gasteiger partial charge in [-0.15, -0.1) is 0 Å². The van der Waals surface area contributed by atoms with Crippen molar-refractivity contribution in [3.05, 3.63) is 0 Å². The van der Waals surface area contributed by atoms with Crippen LogP contribution in [-0.4, -0.2) is 5.91 Å². The third-order valence-corrected chi connectivity index (χ3v) is 0. The molecule has 0 aliphatic rings. The van der Waals surface area contributed by atoms with Gasteiger partial charge in [0.25, 0.3) is 0 Å². The molecule has 40 valence electrons. The normalized spacial score (nSPS) is 4.17. The van der Waals surface area contributed by atoms with Crippen LogP contribution in [0.4, 0.5) is 0 Å². The number of halogens is 1. The molecular formula is C2H9FN2O. The van der Waals surface area contributed by atoms with Gasteiger partial charge in [-0.25, -0.2) is 0 Å². The highest BCUT2D eigenvalue weighted by atomic mass is 19.0. The smallest absolute Gasteiger partial charge is 0.214 e. The average Bonchev–Trinajstić information content (AvgIpc) is 0.811. The lowest BCUT2D eigenvalue weighted by Gasteiger charge is -1.60. The summed E-state index contributed by atoms with van der Waals surface area (Å²) in [4.78, 5) is 9.22. The van der Waals surface area contributed by atoms with Gasteiger partial charge in [-0.1, -0.05) is 0 Å². The van der Waals surface area contributed by atoms with Crippen LogP contribution in [0.1, 0.15) is 6.92 Å². The number of hydrogen-bond acceptors (Lipinski definition) is 1. The van der Waals surface area contributed by atoms with Crippen molar-refractivity contribution in [3.63, 3.8) is 0 Å². The number of carbonyl (C=O) groups excluding carboxylic acids is 1. The predicted octanol–water partition coefficient (Wildman–Crippen LogP) is -3.13. The van der Waals surface area contributed by atoms with Crippen molar-refractivity contribution >= 4 is 5.91 Å². The number of hydrogen-bond donors (Lipinski definition) is 2. The first kappa shape index (κ1) is 18.3. The molecule has 0 aromatic carbocycles. The Balaban J connectivity index is -0.0000000450. The third-order valence-electron chi connectivity index (χ3n) is 0. The fraction of sp³-hybridized carbons (Fsp3) is 0.500. The van der Waals surface area contributed by atoms with Crippen molar-refractivity contribution in [2.24, 2.45) is 5.73 Å². The highest BCUT2D eigenvalue weighted by molar-refractivity contribution is 5.70. The lowest BCUT2D eigenvalue weighted by molar-refractivity contribution is -0.115. The quantitative estimate of drug-likeness (QED) is 0.328. The van der Waals surface area contributed by atoms with Crippen molar-refractivity contribution in [1.82, 2.24) is 6.15 Å². The van der Waals surface area contributed by atoms with E-state index in [0.717, 1.165) is 0 Å². The first-order valence-electron chi connectivity index (χ1n) is 0.993. The summed E-state index contributed by atoms with van der Waals surface area (Å²) in [6.45, 7) is 1.31. The lowest BCUT2D eigenvalue weighted by Crippen LogP contribution is -3.00. The van der Waals surface area contributed by atoms with Crippen LogP contribution >= 0.6 is 0 Å². The van der Waals surface area contributed by atoms with Crippen LogP contribution in [0, 0.1) is 0 Å². The number of quaternary nitrogens is 1. The molecule has 0 aliphatic carbocycles. The number of primary amides is 1. The molecule has 0 aliphatic heterocycles. The number of nitrogens with two attached hydrogens (primary N) is 1. The summed E-state index contributed by atoms with van der Waals surface area (Å²) in [5, 5.41) is 0. The van der Waals surface area contributed by atoms with Crippen LogP contribution in [0.25, 0.3) is 0 Å². The molecule has 0 radical (unpaired) electrons. The molecule has 0 saturated carbocycles. The van der Waals surface area contributed by atoms with E-state index in [9.17, 15) is 4.79 Å². The number of carbonyl (C=O) groups is 1. The van der Waals surface area contributed by atoms with E-state index in [1.807, 2.05) is 0 Å². The Hall–Kier alpha value is -0.640. The summed E-state index contributed by atoms with van der Waals surface area (Å²) < 4.78 is 0. The fourth-order valence-electron chi connectivity index (χ4n) is 0. The van der Waals surface area contributed by atoms with E-state index in [0.29, 0.717) is 0 Å². The van der Waals surface area contributed by atoms with Gasteiger partial charge in [0.1, 0.15) is 0 Å². The molecule has 0 bridgehead atoms. The van der Waals surface area contributed by atoms with E-state index >= 15 is 0 Å². The molecule has 0 saturated heterocycles. The second-order valence-electron chi connectivity index (χ2n) is 0.611. The van der Waals surface area contributed by atoms with Crippen molar-refractivity contribution < 1.29 is 9.50 Å². The molecule has 1 amide bonds. The minimum atomic E-state index is -0.333.